The molecular formula is C13H24O. The molecule has 14 heavy (non-hydrogen) atoms. The van der Waals surface area contributed by atoms with Gasteiger partial charge in [0, 0.05) is 6.42 Å². The molecule has 0 aromatic carbocycles. The molecule has 0 aromatic heterocycles. The van der Waals surface area contributed by atoms with Crippen LogP contribution in [0.3, 0.4) is 0 Å². The summed E-state index contributed by atoms with van der Waals surface area (Å²) in [5.41, 5.74) is 0. The second kappa shape index (κ2) is 6.92. The zero-order valence-corrected chi connectivity index (χ0v) is 9.56. The van der Waals surface area contributed by atoms with E-state index in [1.54, 1.807) is 0 Å². The van der Waals surface area contributed by atoms with Crippen molar-refractivity contribution < 1.29 is 4.74 Å². The third kappa shape index (κ3) is 4.69. The third-order valence-electron chi connectivity index (χ3n) is 2.94. The van der Waals surface area contributed by atoms with Crippen LogP contribution in [0.1, 0.15) is 64.7 Å². The molecule has 0 spiro atoms. The average molecular weight is 196 g/mol. The molecule has 0 radical (unpaired) electrons. The second-order valence-corrected chi connectivity index (χ2v) is 4.37. The van der Waals surface area contributed by atoms with E-state index in [2.05, 4.69) is 13.5 Å². The van der Waals surface area contributed by atoms with Crippen LogP contribution in [-0.2, 0) is 4.74 Å². The Balaban J connectivity index is 1.97. The Hall–Kier alpha value is -0.460. The summed E-state index contributed by atoms with van der Waals surface area (Å²) >= 11 is 0. The van der Waals surface area contributed by atoms with Crippen molar-refractivity contribution in [2.24, 2.45) is 0 Å². The van der Waals surface area contributed by atoms with Gasteiger partial charge in [-0.25, -0.2) is 0 Å². The van der Waals surface area contributed by atoms with Gasteiger partial charge in [-0.05, 0) is 25.7 Å². The van der Waals surface area contributed by atoms with Crippen LogP contribution in [-0.4, -0.2) is 6.10 Å². The molecule has 1 aliphatic rings. The maximum absolute atomic E-state index is 5.70. The monoisotopic (exact) mass is 196 g/mol. The van der Waals surface area contributed by atoms with Gasteiger partial charge in [0.1, 0.15) is 0 Å². The van der Waals surface area contributed by atoms with Gasteiger partial charge in [0.15, 0.2) is 0 Å². The van der Waals surface area contributed by atoms with E-state index in [-0.39, 0.29) is 0 Å². The van der Waals surface area contributed by atoms with Gasteiger partial charge >= 0.3 is 0 Å². The largest absolute Gasteiger partial charge is 0.495 e. The van der Waals surface area contributed by atoms with Gasteiger partial charge in [-0.1, -0.05) is 39.2 Å². The highest BCUT2D eigenvalue weighted by Crippen LogP contribution is 2.24. The summed E-state index contributed by atoms with van der Waals surface area (Å²) in [6.45, 7) is 6.16. The van der Waals surface area contributed by atoms with Crippen LogP contribution in [0.2, 0.25) is 0 Å². The zero-order valence-electron chi connectivity index (χ0n) is 9.56. The molecule has 1 unspecified atom stereocenters. The Bertz CT molecular complexity index is 163. The summed E-state index contributed by atoms with van der Waals surface area (Å²) in [7, 11) is 0. The molecule has 0 amide bonds. The first-order chi connectivity index (χ1) is 6.83. The van der Waals surface area contributed by atoms with E-state index in [1.165, 1.54) is 51.4 Å². The van der Waals surface area contributed by atoms with Crippen molar-refractivity contribution in [2.45, 2.75) is 70.8 Å². The minimum Gasteiger partial charge on any atom is -0.495 e. The molecule has 1 fully saturated rings. The summed E-state index contributed by atoms with van der Waals surface area (Å²) in [5.74, 6) is 1.01. The molecule has 0 aliphatic carbocycles. The van der Waals surface area contributed by atoms with Crippen LogP contribution in [0.15, 0.2) is 12.3 Å². The highest BCUT2D eigenvalue weighted by Gasteiger charge is 2.15. The summed E-state index contributed by atoms with van der Waals surface area (Å²) < 4.78 is 5.70. The molecular weight excluding hydrogens is 172 g/mol. The molecule has 1 atom stereocenters. The molecule has 1 nitrogen and oxygen atoms in total. The Morgan fingerprint density at radius 2 is 2.07 bits per heavy atom. The highest BCUT2D eigenvalue weighted by atomic mass is 16.5. The Labute approximate surface area is 88.5 Å². The molecule has 0 saturated carbocycles. The molecule has 0 N–H and O–H groups in total. The van der Waals surface area contributed by atoms with Crippen LogP contribution in [0.4, 0.5) is 0 Å². The maximum atomic E-state index is 5.70. The second-order valence-electron chi connectivity index (χ2n) is 4.37. The average Bonchev–Trinajstić information content (AvgIpc) is 2.18. The van der Waals surface area contributed by atoms with Crippen LogP contribution < -0.4 is 0 Å². The van der Waals surface area contributed by atoms with Gasteiger partial charge in [-0.3, -0.25) is 0 Å². The number of hydrogen-bond donors (Lipinski definition) is 0. The topological polar surface area (TPSA) is 9.23 Å². The van der Waals surface area contributed by atoms with Crippen molar-refractivity contribution in [2.75, 3.05) is 0 Å². The minimum absolute atomic E-state index is 0.484. The number of unbranched alkanes of at least 4 members (excludes halogenated alkanes) is 4. The summed E-state index contributed by atoms with van der Waals surface area (Å²) in [6.07, 6.45) is 12.1. The third-order valence-corrected chi connectivity index (χ3v) is 2.94. The van der Waals surface area contributed by atoms with E-state index in [0.29, 0.717) is 6.10 Å². The smallest absolute Gasteiger partial charge is 0.0982 e. The molecule has 1 rings (SSSR count). The summed E-state index contributed by atoms with van der Waals surface area (Å²) in [5, 5.41) is 0. The van der Waals surface area contributed by atoms with Crippen molar-refractivity contribution in [1.29, 1.82) is 0 Å². The number of ether oxygens (including phenoxy) is 1. The molecule has 0 bridgehead atoms. The van der Waals surface area contributed by atoms with E-state index < -0.39 is 0 Å². The number of rotatable bonds is 6. The predicted octanol–water partition coefficient (Wildman–Crippen LogP) is 4.43. The molecule has 1 aliphatic heterocycles. The minimum atomic E-state index is 0.484. The lowest BCUT2D eigenvalue weighted by Crippen LogP contribution is -2.16. The fraction of sp³-hybridized carbons (Fsp3) is 0.846. The fourth-order valence-corrected chi connectivity index (χ4v) is 2.06. The fourth-order valence-electron chi connectivity index (χ4n) is 2.06. The lowest BCUT2D eigenvalue weighted by molar-refractivity contribution is 0.0659. The molecule has 1 saturated heterocycles. The zero-order chi connectivity index (χ0) is 10.2. The standard InChI is InChI=1S/C13H24O/c1-3-4-5-6-7-10-13-11-8-9-12(2)14-13/h13H,2-11H2,1H3. The maximum Gasteiger partial charge on any atom is 0.0982 e. The lowest BCUT2D eigenvalue weighted by Gasteiger charge is -2.25. The highest BCUT2D eigenvalue weighted by molar-refractivity contribution is 4.88. The Morgan fingerprint density at radius 3 is 2.79 bits per heavy atom. The van der Waals surface area contributed by atoms with E-state index in [4.69, 9.17) is 4.74 Å². The Morgan fingerprint density at radius 1 is 1.29 bits per heavy atom. The first-order valence-corrected chi connectivity index (χ1v) is 6.17. The first kappa shape index (κ1) is 11.6. The molecule has 82 valence electrons. The number of hydrogen-bond acceptors (Lipinski definition) is 1. The van der Waals surface area contributed by atoms with Crippen molar-refractivity contribution in [3.05, 3.63) is 12.3 Å². The SMILES string of the molecule is C=C1CCCC(CCCCCCC)O1. The van der Waals surface area contributed by atoms with Crippen molar-refractivity contribution in [1.82, 2.24) is 0 Å². The quantitative estimate of drug-likeness (QED) is 0.571. The van der Waals surface area contributed by atoms with Gasteiger partial charge in [0.05, 0.1) is 11.9 Å². The summed E-state index contributed by atoms with van der Waals surface area (Å²) in [6, 6.07) is 0. The van der Waals surface area contributed by atoms with Gasteiger partial charge < -0.3 is 4.74 Å². The van der Waals surface area contributed by atoms with Crippen LogP contribution in [0.25, 0.3) is 0 Å². The Kier molecular flexibility index (Phi) is 5.74. The van der Waals surface area contributed by atoms with E-state index in [9.17, 15) is 0 Å². The van der Waals surface area contributed by atoms with Crippen molar-refractivity contribution >= 4 is 0 Å². The first-order valence-electron chi connectivity index (χ1n) is 6.17. The van der Waals surface area contributed by atoms with Gasteiger partial charge in [0.2, 0.25) is 0 Å². The summed E-state index contributed by atoms with van der Waals surface area (Å²) in [4.78, 5) is 0. The van der Waals surface area contributed by atoms with Gasteiger partial charge in [0.25, 0.3) is 0 Å². The van der Waals surface area contributed by atoms with Crippen LogP contribution in [0, 0.1) is 0 Å². The van der Waals surface area contributed by atoms with E-state index in [0.717, 1.165) is 12.2 Å². The molecule has 1 heterocycles. The van der Waals surface area contributed by atoms with E-state index >= 15 is 0 Å². The lowest BCUT2D eigenvalue weighted by atomic mass is 10.0. The predicted molar refractivity (Wildman–Crippen MR) is 61.2 cm³/mol. The number of allylic oxidation sites excluding steroid dienone is 1. The van der Waals surface area contributed by atoms with Crippen LogP contribution >= 0.6 is 0 Å². The molecule has 1 heteroatoms. The van der Waals surface area contributed by atoms with Crippen molar-refractivity contribution in [3.63, 3.8) is 0 Å². The van der Waals surface area contributed by atoms with Gasteiger partial charge in [-0.15, -0.1) is 0 Å². The van der Waals surface area contributed by atoms with Crippen LogP contribution in [0.5, 0.6) is 0 Å². The van der Waals surface area contributed by atoms with Crippen molar-refractivity contribution in [3.8, 4) is 0 Å². The van der Waals surface area contributed by atoms with Gasteiger partial charge in [-0.2, -0.15) is 0 Å². The van der Waals surface area contributed by atoms with E-state index in [1.807, 2.05) is 0 Å². The molecule has 0 aromatic rings. The normalized spacial score (nSPS) is 22.1.